The molecular weight excluding hydrogens is 166 g/mol. The van der Waals surface area contributed by atoms with E-state index in [9.17, 15) is 4.79 Å². The molecule has 72 valence electrons. The third-order valence-electron chi connectivity index (χ3n) is 2.27. The number of carboxylic acids is 1. The van der Waals surface area contributed by atoms with Crippen LogP contribution in [-0.2, 0) is 4.79 Å². The van der Waals surface area contributed by atoms with Gasteiger partial charge in [0, 0.05) is 6.42 Å². The first-order chi connectivity index (χ1) is 5.95. The number of rotatable bonds is 5. The van der Waals surface area contributed by atoms with Gasteiger partial charge in [0.25, 0.3) is 0 Å². The fourth-order valence-electron chi connectivity index (χ4n) is 1.16. The van der Waals surface area contributed by atoms with Gasteiger partial charge in [-0.3, -0.25) is 4.79 Å². The van der Waals surface area contributed by atoms with Gasteiger partial charge >= 0.3 is 5.97 Å². The zero-order valence-corrected chi connectivity index (χ0v) is 8.08. The Morgan fingerprint density at radius 2 is 2.31 bits per heavy atom. The number of hydrogen-bond donors (Lipinski definition) is 1. The van der Waals surface area contributed by atoms with Crippen molar-refractivity contribution in [1.82, 2.24) is 0 Å². The van der Waals surface area contributed by atoms with Crippen LogP contribution in [-0.4, -0.2) is 11.1 Å². The van der Waals surface area contributed by atoms with Crippen LogP contribution in [0.2, 0.25) is 0 Å². The molecule has 13 heavy (non-hydrogen) atoms. The van der Waals surface area contributed by atoms with Gasteiger partial charge in [-0.25, -0.2) is 0 Å². The molecule has 0 saturated heterocycles. The third-order valence-corrected chi connectivity index (χ3v) is 2.27. The van der Waals surface area contributed by atoms with E-state index in [4.69, 9.17) is 10.4 Å². The van der Waals surface area contributed by atoms with E-state index < -0.39 is 17.3 Å². The Bertz CT molecular complexity index is 238. The number of aliphatic carboxylic acids is 1. The molecule has 0 fully saturated rings. The van der Waals surface area contributed by atoms with Crippen LogP contribution < -0.4 is 0 Å². The quantitative estimate of drug-likeness (QED) is 0.661. The second kappa shape index (κ2) is 4.66. The van der Waals surface area contributed by atoms with Crippen molar-refractivity contribution in [2.24, 2.45) is 11.3 Å². The Morgan fingerprint density at radius 3 is 2.62 bits per heavy atom. The molecule has 0 saturated carbocycles. The minimum atomic E-state index is -0.861. The SMILES string of the molecule is C=CC(C)(C)[C@H](CCC#N)C(=O)O. The molecule has 3 heteroatoms. The molecule has 0 bridgehead atoms. The molecule has 0 aromatic carbocycles. The molecule has 0 aliphatic heterocycles. The minimum Gasteiger partial charge on any atom is -0.481 e. The molecule has 0 unspecified atom stereocenters. The Balaban J connectivity index is 4.52. The van der Waals surface area contributed by atoms with Crippen molar-refractivity contribution in [2.75, 3.05) is 0 Å². The van der Waals surface area contributed by atoms with Gasteiger partial charge in [-0.2, -0.15) is 5.26 Å². The number of carbonyl (C=O) groups is 1. The van der Waals surface area contributed by atoms with Crippen LogP contribution in [0.3, 0.4) is 0 Å². The first kappa shape index (κ1) is 11.7. The Kier molecular flexibility index (Phi) is 4.19. The number of allylic oxidation sites excluding steroid dienone is 1. The van der Waals surface area contributed by atoms with Crippen LogP contribution >= 0.6 is 0 Å². The molecule has 0 amide bonds. The largest absolute Gasteiger partial charge is 0.481 e. The molecule has 3 nitrogen and oxygen atoms in total. The van der Waals surface area contributed by atoms with Crippen LogP contribution in [0.15, 0.2) is 12.7 Å². The van der Waals surface area contributed by atoms with Crippen molar-refractivity contribution in [3.8, 4) is 6.07 Å². The number of hydrogen-bond acceptors (Lipinski definition) is 2. The first-order valence-electron chi connectivity index (χ1n) is 4.19. The summed E-state index contributed by atoms with van der Waals surface area (Å²) in [6, 6.07) is 1.95. The maximum Gasteiger partial charge on any atom is 0.307 e. The minimum absolute atomic E-state index is 0.272. The highest BCUT2D eigenvalue weighted by Gasteiger charge is 2.31. The van der Waals surface area contributed by atoms with Crippen LogP contribution in [0.25, 0.3) is 0 Å². The van der Waals surface area contributed by atoms with Crippen LogP contribution in [0.1, 0.15) is 26.7 Å². The lowest BCUT2D eigenvalue weighted by molar-refractivity contribution is -0.145. The highest BCUT2D eigenvalue weighted by molar-refractivity contribution is 5.71. The van der Waals surface area contributed by atoms with Crippen LogP contribution in [0, 0.1) is 22.7 Å². The van der Waals surface area contributed by atoms with E-state index in [0.717, 1.165) is 0 Å². The second-order valence-electron chi connectivity index (χ2n) is 3.61. The van der Waals surface area contributed by atoms with Crippen molar-refractivity contribution >= 4 is 5.97 Å². The van der Waals surface area contributed by atoms with E-state index in [1.165, 1.54) is 0 Å². The average Bonchev–Trinajstić information content (AvgIpc) is 2.04. The summed E-state index contributed by atoms with van der Waals surface area (Å²) in [4.78, 5) is 10.9. The summed E-state index contributed by atoms with van der Waals surface area (Å²) in [6.45, 7) is 7.23. The van der Waals surface area contributed by atoms with E-state index in [1.54, 1.807) is 6.08 Å². The number of nitriles is 1. The maximum absolute atomic E-state index is 10.9. The normalized spacial score (nSPS) is 13.0. The molecule has 0 aromatic rings. The van der Waals surface area contributed by atoms with Gasteiger partial charge < -0.3 is 5.11 Å². The van der Waals surface area contributed by atoms with Crippen molar-refractivity contribution < 1.29 is 9.90 Å². The lowest BCUT2D eigenvalue weighted by Crippen LogP contribution is -2.29. The van der Waals surface area contributed by atoms with Crippen molar-refractivity contribution in [3.63, 3.8) is 0 Å². The summed E-state index contributed by atoms with van der Waals surface area (Å²) < 4.78 is 0. The molecule has 0 spiro atoms. The zero-order valence-electron chi connectivity index (χ0n) is 8.08. The predicted octanol–water partition coefficient (Wildman–Crippen LogP) is 2.20. The van der Waals surface area contributed by atoms with E-state index in [1.807, 2.05) is 19.9 Å². The molecule has 1 N–H and O–H groups in total. The summed E-state index contributed by atoms with van der Waals surface area (Å²) in [6.07, 6.45) is 2.28. The summed E-state index contributed by atoms with van der Waals surface area (Å²) >= 11 is 0. The lowest BCUT2D eigenvalue weighted by Gasteiger charge is -2.27. The van der Waals surface area contributed by atoms with Gasteiger partial charge in [0.05, 0.1) is 12.0 Å². The van der Waals surface area contributed by atoms with E-state index in [2.05, 4.69) is 6.58 Å². The Labute approximate surface area is 78.7 Å². The van der Waals surface area contributed by atoms with Gasteiger partial charge in [0.15, 0.2) is 0 Å². The molecule has 0 aliphatic carbocycles. The van der Waals surface area contributed by atoms with Crippen molar-refractivity contribution in [3.05, 3.63) is 12.7 Å². The summed E-state index contributed by atoms with van der Waals surface area (Å²) in [5.74, 6) is -1.38. The fourth-order valence-corrected chi connectivity index (χ4v) is 1.16. The van der Waals surface area contributed by atoms with Crippen LogP contribution in [0.4, 0.5) is 0 Å². The molecular formula is C10H15NO2. The monoisotopic (exact) mass is 181 g/mol. The molecule has 0 aromatic heterocycles. The standard InChI is InChI=1S/C10H15NO2/c1-4-10(2,3)8(9(12)13)6-5-7-11/h4,8H,1,5-6H2,2-3H3,(H,12,13)/t8-/m1/s1. The van der Waals surface area contributed by atoms with Gasteiger partial charge in [-0.1, -0.05) is 19.9 Å². The van der Waals surface area contributed by atoms with Crippen molar-refractivity contribution in [1.29, 1.82) is 5.26 Å². The third kappa shape index (κ3) is 3.29. The van der Waals surface area contributed by atoms with E-state index >= 15 is 0 Å². The maximum atomic E-state index is 10.9. The Hall–Kier alpha value is -1.30. The molecule has 0 aliphatic rings. The zero-order chi connectivity index (χ0) is 10.5. The van der Waals surface area contributed by atoms with E-state index in [0.29, 0.717) is 6.42 Å². The fraction of sp³-hybridized carbons (Fsp3) is 0.600. The Morgan fingerprint density at radius 1 is 1.77 bits per heavy atom. The van der Waals surface area contributed by atoms with Gasteiger partial charge in [0.2, 0.25) is 0 Å². The smallest absolute Gasteiger partial charge is 0.307 e. The highest BCUT2D eigenvalue weighted by Crippen LogP contribution is 2.31. The van der Waals surface area contributed by atoms with Gasteiger partial charge in [-0.15, -0.1) is 6.58 Å². The summed E-state index contributed by atoms with van der Waals surface area (Å²) in [5.41, 5.74) is -0.456. The molecule has 0 heterocycles. The number of nitrogens with zero attached hydrogens (tertiary/aromatic N) is 1. The van der Waals surface area contributed by atoms with Gasteiger partial charge in [0.1, 0.15) is 0 Å². The van der Waals surface area contributed by atoms with Crippen molar-refractivity contribution in [2.45, 2.75) is 26.7 Å². The topological polar surface area (TPSA) is 61.1 Å². The molecule has 1 atom stereocenters. The van der Waals surface area contributed by atoms with Gasteiger partial charge in [-0.05, 0) is 11.8 Å². The molecule has 0 radical (unpaired) electrons. The average molecular weight is 181 g/mol. The number of carboxylic acid groups (broad SMARTS) is 1. The van der Waals surface area contributed by atoms with E-state index in [-0.39, 0.29) is 6.42 Å². The summed E-state index contributed by atoms with van der Waals surface area (Å²) in [7, 11) is 0. The molecule has 0 rings (SSSR count). The highest BCUT2D eigenvalue weighted by atomic mass is 16.4. The first-order valence-corrected chi connectivity index (χ1v) is 4.19. The second-order valence-corrected chi connectivity index (χ2v) is 3.61. The lowest BCUT2D eigenvalue weighted by atomic mass is 9.76. The summed E-state index contributed by atoms with van der Waals surface area (Å²) in [5, 5.41) is 17.3. The predicted molar refractivity (Wildman–Crippen MR) is 50.0 cm³/mol. The van der Waals surface area contributed by atoms with Crippen LogP contribution in [0.5, 0.6) is 0 Å².